The van der Waals surface area contributed by atoms with Gasteiger partial charge in [0.15, 0.2) is 0 Å². The minimum atomic E-state index is -0.0639. The zero-order valence-corrected chi connectivity index (χ0v) is 12.5. The van der Waals surface area contributed by atoms with Crippen molar-refractivity contribution in [2.24, 2.45) is 0 Å². The summed E-state index contributed by atoms with van der Waals surface area (Å²) in [6.45, 7) is 6.05. The van der Waals surface area contributed by atoms with E-state index in [1.165, 1.54) is 10.6 Å². The Labute approximate surface area is 118 Å². The molecular formula is C14H22N2O2S. The predicted octanol–water partition coefficient (Wildman–Crippen LogP) is 2.22. The van der Waals surface area contributed by atoms with Gasteiger partial charge in [-0.05, 0) is 26.2 Å². The first-order valence-corrected chi connectivity index (χ1v) is 7.89. The molecule has 0 radical (unpaired) electrons. The second-order valence-electron chi connectivity index (χ2n) is 5.60. The number of piperidine rings is 1. The summed E-state index contributed by atoms with van der Waals surface area (Å²) in [6.07, 6.45) is 3.61. The first-order chi connectivity index (χ1) is 9.23. The van der Waals surface area contributed by atoms with E-state index in [9.17, 15) is 0 Å². The lowest BCUT2D eigenvalue weighted by molar-refractivity contribution is -0.145. The maximum absolute atomic E-state index is 6.09. The standard InChI is InChI=1S/C14H22N2O2S/c1-11-12(19-10-15-11)8-16-6-4-13(17-2)14(9-16)5-3-7-18-14/h10,13H,3-9H2,1-2H3/t13-,14-/m0/s1. The van der Waals surface area contributed by atoms with E-state index in [4.69, 9.17) is 9.47 Å². The lowest BCUT2D eigenvalue weighted by Gasteiger charge is -2.44. The molecule has 2 atom stereocenters. The van der Waals surface area contributed by atoms with Crippen molar-refractivity contribution in [1.29, 1.82) is 0 Å². The third-order valence-electron chi connectivity index (χ3n) is 4.42. The van der Waals surface area contributed by atoms with Gasteiger partial charge in [-0.2, -0.15) is 0 Å². The van der Waals surface area contributed by atoms with Crippen LogP contribution in [0.4, 0.5) is 0 Å². The summed E-state index contributed by atoms with van der Waals surface area (Å²) < 4.78 is 11.8. The summed E-state index contributed by atoms with van der Waals surface area (Å²) in [5, 5.41) is 0. The van der Waals surface area contributed by atoms with E-state index >= 15 is 0 Å². The topological polar surface area (TPSA) is 34.6 Å². The van der Waals surface area contributed by atoms with Crippen LogP contribution in [0.2, 0.25) is 0 Å². The smallest absolute Gasteiger partial charge is 0.107 e. The SMILES string of the molecule is CO[C@H]1CCN(Cc2scnc2C)C[C@@]12CCCO2. The first-order valence-electron chi connectivity index (χ1n) is 7.01. The van der Waals surface area contributed by atoms with Crippen molar-refractivity contribution >= 4 is 11.3 Å². The van der Waals surface area contributed by atoms with Gasteiger partial charge < -0.3 is 9.47 Å². The molecule has 2 saturated heterocycles. The molecular weight excluding hydrogens is 260 g/mol. The highest BCUT2D eigenvalue weighted by Gasteiger charge is 2.47. The molecule has 106 valence electrons. The molecule has 0 unspecified atom stereocenters. The van der Waals surface area contributed by atoms with Crippen LogP contribution in [-0.4, -0.2) is 48.4 Å². The molecule has 1 aromatic rings. The van der Waals surface area contributed by atoms with Crippen molar-refractivity contribution < 1.29 is 9.47 Å². The molecule has 5 heteroatoms. The van der Waals surface area contributed by atoms with Gasteiger partial charge in [-0.25, -0.2) is 4.98 Å². The average molecular weight is 282 g/mol. The fourth-order valence-electron chi connectivity index (χ4n) is 3.37. The Hall–Kier alpha value is -0.490. The van der Waals surface area contributed by atoms with Crippen LogP contribution in [0.5, 0.6) is 0 Å². The van der Waals surface area contributed by atoms with E-state index in [0.717, 1.165) is 45.5 Å². The average Bonchev–Trinajstić information content (AvgIpc) is 3.01. The number of nitrogens with zero attached hydrogens (tertiary/aromatic N) is 2. The first kappa shape index (κ1) is 13.5. The van der Waals surface area contributed by atoms with Gasteiger partial charge in [0.05, 0.1) is 17.3 Å². The molecule has 0 N–H and O–H groups in total. The minimum absolute atomic E-state index is 0.0639. The highest BCUT2D eigenvalue weighted by atomic mass is 32.1. The fourth-order valence-corrected chi connectivity index (χ4v) is 4.19. The molecule has 2 aliphatic heterocycles. The molecule has 19 heavy (non-hydrogen) atoms. The minimum Gasteiger partial charge on any atom is -0.378 e. The number of likely N-dealkylation sites (tertiary alicyclic amines) is 1. The summed E-state index contributed by atoms with van der Waals surface area (Å²) in [5.41, 5.74) is 3.04. The van der Waals surface area contributed by atoms with E-state index in [2.05, 4.69) is 16.8 Å². The maximum atomic E-state index is 6.09. The maximum Gasteiger partial charge on any atom is 0.107 e. The van der Waals surface area contributed by atoms with Crippen LogP contribution in [-0.2, 0) is 16.0 Å². The van der Waals surface area contributed by atoms with Crippen molar-refractivity contribution in [3.05, 3.63) is 16.1 Å². The fraction of sp³-hybridized carbons (Fsp3) is 0.786. The molecule has 3 heterocycles. The van der Waals surface area contributed by atoms with Gasteiger partial charge in [0.25, 0.3) is 0 Å². The van der Waals surface area contributed by atoms with E-state index in [0.29, 0.717) is 0 Å². The number of rotatable bonds is 3. The summed E-state index contributed by atoms with van der Waals surface area (Å²) >= 11 is 1.76. The van der Waals surface area contributed by atoms with Crippen LogP contribution < -0.4 is 0 Å². The van der Waals surface area contributed by atoms with Crippen molar-refractivity contribution in [3.63, 3.8) is 0 Å². The molecule has 1 aromatic heterocycles. The van der Waals surface area contributed by atoms with Crippen LogP contribution >= 0.6 is 11.3 Å². The number of methoxy groups -OCH3 is 1. The van der Waals surface area contributed by atoms with E-state index < -0.39 is 0 Å². The normalized spacial score (nSPS) is 32.2. The third-order valence-corrected chi connectivity index (χ3v) is 5.34. The molecule has 0 saturated carbocycles. The summed E-state index contributed by atoms with van der Waals surface area (Å²) in [6, 6.07) is 0. The second kappa shape index (κ2) is 5.48. The van der Waals surface area contributed by atoms with Gasteiger partial charge in [-0.3, -0.25) is 4.90 Å². The number of ether oxygens (including phenoxy) is 2. The Morgan fingerprint density at radius 1 is 1.63 bits per heavy atom. The monoisotopic (exact) mass is 282 g/mol. The second-order valence-corrected chi connectivity index (χ2v) is 6.54. The van der Waals surface area contributed by atoms with Gasteiger partial charge in [0.1, 0.15) is 5.60 Å². The molecule has 1 spiro atoms. The van der Waals surface area contributed by atoms with Gasteiger partial charge >= 0.3 is 0 Å². The van der Waals surface area contributed by atoms with E-state index in [-0.39, 0.29) is 11.7 Å². The quantitative estimate of drug-likeness (QED) is 0.851. The Kier molecular flexibility index (Phi) is 3.89. The predicted molar refractivity (Wildman–Crippen MR) is 75.5 cm³/mol. The van der Waals surface area contributed by atoms with Crippen molar-refractivity contribution in [2.45, 2.75) is 44.4 Å². The van der Waals surface area contributed by atoms with Gasteiger partial charge in [-0.1, -0.05) is 0 Å². The van der Waals surface area contributed by atoms with Crippen molar-refractivity contribution in [3.8, 4) is 0 Å². The molecule has 3 rings (SSSR count). The largest absolute Gasteiger partial charge is 0.378 e. The number of hydrogen-bond donors (Lipinski definition) is 0. The van der Waals surface area contributed by atoms with Crippen molar-refractivity contribution in [1.82, 2.24) is 9.88 Å². The highest BCUT2D eigenvalue weighted by molar-refractivity contribution is 7.09. The van der Waals surface area contributed by atoms with E-state index in [1.54, 1.807) is 11.3 Å². The Morgan fingerprint density at radius 3 is 3.16 bits per heavy atom. The third kappa shape index (κ3) is 2.57. The Morgan fingerprint density at radius 2 is 2.53 bits per heavy atom. The Balaban J connectivity index is 1.70. The van der Waals surface area contributed by atoms with E-state index in [1.807, 2.05) is 12.6 Å². The van der Waals surface area contributed by atoms with Crippen LogP contribution in [0, 0.1) is 6.92 Å². The van der Waals surface area contributed by atoms with Gasteiger partial charge in [0.2, 0.25) is 0 Å². The lowest BCUT2D eigenvalue weighted by atomic mass is 9.87. The molecule has 0 aromatic carbocycles. The van der Waals surface area contributed by atoms with Crippen molar-refractivity contribution in [2.75, 3.05) is 26.8 Å². The molecule has 0 aliphatic carbocycles. The van der Waals surface area contributed by atoms with Crippen LogP contribution in [0.25, 0.3) is 0 Å². The zero-order valence-electron chi connectivity index (χ0n) is 11.7. The van der Waals surface area contributed by atoms with Crippen LogP contribution in [0.3, 0.4) is 0 Å². The molecule has 2 fully saturated rings. The number of hydrogen-bond acceptors (Lipinski definition) is 5. The summed E-state index contributed by atoms with van der Waals surface area (Å²) in [4.78, 5) is 8.22. The summed E-state index contributed by atoms with van der Waals surface area (Å²) in [7, 11) is 1.82. The number of thiazole rings is 1. The van der Waals surface area contributed by atoms with Crippen LogP contribution in [0.15, 0.2) is 5.51 Å². The molecule has 2 aliphatic rings. The van der Waals surface area contributed by atoms with Gasteiger partial charge in [0, 0.05) is 38.2 Å². The molecule has 0 amide bonds. The summed E-state index contributed by atoms with van der Waals surface area (Å²) in [5.74, 6) is 0. The lowest BCUT2D eigenvalue weighted by Crippen LogP contribution is -2.56. The highest BCUT2D eigenvalue weighted by Crippen LogP contribution is 2.37. The molecule has 4 nitrogen and oxygen atoms in total. The van der Waals surface area contributed by atoms with Crippen LogP contribution in [0.1, 0.15) is 29.8 Å². The molecule has 0 bridgehead atoms. The zero-order chi connectivity index (χ0) is 13.3. The Bertz CT molecular complexity index is 429. The van der Waals surface area contributed by atoms with Gasteiger partial charge in [-0.15, -0.1) is 11.3 Å². The number of aromatic nitrogens is 1. The number of aryl methyl sites for hydroxylation is 1.